The molecule has 1 fully saturated rings. The minimum Gasteiger partial charge on any atom is -0.392 e. The number of hydrogen-bond acceptors (Lipinski definition) is 4. The third-order valence-corrected chi connectivity index (χ3v) is 4.47. The lowest BCUT2D eigenvalue weighted by Gasteiger charge is -2.10. The Morgan fingerprint density at radius 3 is 3.00 bits per heavy atom. The molecule has 2 nitrogen and oxygen atoms in total. The Bertz CT molecular complexity index is 287. The van der Waals surface area contributed by atoms with E-state index in [1.165, 1.54) is 4.88 Å². The van der Waals surface area contributed by atoms with Crippen LogP contribution in [0.4, 0.5) is 0 Å². The number of thioether (sulfide) groups is 1. The summed E-state index contributed by atoms with van der Waals surface area (Å²) < 4.78 is 0. The maximum Gasteiger partial charge on any atom is 0.0896 e. The Kier molecular flexibility index (Phi) is 2.91. The molecule has 13 heavy (non-hydrogen) atoms. The summed E-state index contributed by atoms with van der Waals surface area (Å²) >= 11 is 3.60. The van der Waals surface area contributed by atoms with Crippen molar-refractivity contribution in [2.45, 2.75) is 19.4 Å². The fourth-order valence-electron chi connectivity index (χ4n) is 1.54. The standard InChI is InChI=1S/C9H13NOS2/c1-6-10-3-8(13-6)2-7-4-12-5-9(7)11/h3,7,9,11H,2,4-5H2,1H3. The first kappa shape index (κ1) is 9.49. The van der Waals surface area contributed by atoms with Crippen molar-refractivity contribution in [3.05, 3.63) is 16.1 Å². The Balaban J connectivity index is 1.97. The maximum absolute atomic E-state index is 9.62. The first-order valence-electron chi connectivity index (χ1n) is 4.43. The minimum absolute atomic E-state index is 0.104. The Morgan fingerprint density at radius 1 is 1.62 bits per heavy atom. The smallest absolute Gasteiger partial charge is 0.0896 e. The number of aliphatic hydroxyl groups excluding tert-OH is 1. The van der Waals surface area contributed by atoms with Crippen LogP contribution in [-0.2, 0) is 6.42 Å². The molecule has 1 aliphatic heterocycles. The van der Waals surface area contributed by atoms with Crippen LogP contribution >= 0.6 is 23.1 Å². The first-order valence-corrected chi connectivity index (χ1v) is 6.40. The molecule has 1 aromatic rings. The van der Waals surface area contributed by atoms with Gasteiger partial charge in [-0.05, 0) is 25.0 Å². The van der Waals surface area contributed by atoms with Crippen molar-refractivity contribution in [2.24, 2.45) is 5.92 Å². The molecule has 1 aliphatic rings. The summed E-state index contributed by atoms with van der Waals surface area (Å²) in [6, 6.07) is 0. The molecule has 1 aromatic heterocycles. The van der Waals surface area contributed by atoms with E-state index in [4.69, 9.17) is 0 Å². The zero-order chi connectivity index (χ0) is 9.26. The fraction of sp³-hybridized carbons (Fsp3) is 0.667. The second-order valence-corrected chi connectivity index (χ2v) is 5.81. The summed E-state index contributed by atoms with van der Waals surface area (Å²) in [6.07, 6.45) is 2.84. The second kappa shape index (κ2) is 3.98. The Labute approximate surface area is 86.4 Å². The summed E-state index contributed by atoms with van der Waals surface area (Å²) in [6.45, 7) is 2.02. The van der Waals surface area contributed by atoms with Crippen LogP contribution in [-0.4, -0.2) is 27.7 Å². The molecule has 2 unspecified atom stereocenters. The van der Waals surface area contributed by atoms with Gasteiger partial charge >= 0.3 is 0 Å². The van der Waals surface area contributed by atoms with Gasteiger partial charge < -0.3 is 5.11 Å². The van der Waals surface area contributed by atoms with Crippen LogP contribution in [0.15, 0.2) is 6.20 Å². The third-order valence-electron chi connectivity index (χ3n) is 2.30. The molecule has 2 rings (SSSR count). The lowest BCUT2D eigenvalue weighted by molar-refractivity contribution is 0.150. The van der Waals surface area contributed by atoms with Crippen molar-refractivity contribution >= 4 is 23.1 Å². The normalized spacial score (nSPS) is 28.2. The summed E-state index contributed by atoms with van der Waals surface area (Å²) in [7, 11) is 0. The van der Waals surface area contributed by atoms with E-state index < -0.39 is 0 Å². The van der Waals surface area contributed by atoms with E-state index in [1.807, 2.05) is 24.9 Å². The van der Waals surface area contributed by atoms with Crippen LogP contribution in [0.2, 0.25) is 0 Å². The Morgan fingerprint density at radius 2 is 2.46 bits per heavy atom. The van der Waals surface area contributed by atoms with Gasteiger partial charge in [-0.15, -0.1) is 11.3 Å². The van der Waals surface area contributed by atoms with Crippen molar-refractivity contribution in [1.82, 2.24) is 4.98 Å². The first-order chi connectivity index (χ1) is 6.25. The van der Waals surface area contributed by atoms with Gasteiger partial charge in [-0.1, -0.05) is 0 Å². The van der Waals surface area contributed by atoms with Gasteiger partial charge in [0, 0.05) is 16.8 Å². The van der Waals surface area contributed by atoms with Gasteiger partial charge in [-0.25, -0.2) is 4.98 Å². The summed E-state index contributed by atoms with van der Waals surface area (Å²) in [5.41, 5.74) is 0. The van der Waals surface area contributed by atoms with Gasteiger partial charge in [0.15, 0.2) is 0 Å². The SMILES string of the molecule is Cc1ncc(CC2CSCC2O)s1. The molecule has 2 heterocycles. The molecule has 0 amide bonds. The van der Waals surface area contributed by atoms with Crippen LogP contribution in [0.5, 0.6) is 0 Å². The van der Waals surface area contributed by atoms with E-state index in [9.17, 15) is 5.11 Å². The van der Waals surface area contributed by atoms with Gasteiger partial charge in [0.1, 0.15) is 0 Å². The van der Waals surface area contributed by atoms with Crippen molar-refractivity contribution in [2.75, 3.05) is 11.5 Å². The predicted octanol–water partition coefficient (Wildman–Crippen LogP) is 1.72. The highest BCUT2D eigenvalue weighted by Crippen LogP contribution is 2.28. The van der Waals surface area contributed by atoms with Crippen LogP contribution in [0.3, 0.4) is 0 Å². The molecule has 72 valence electrons. The van der Waals surface area contributed by atoms with Crippen LogP contribution in [0, 0.1) is 12.8 Å². The van der Waals surface area contributed by atoms with Gasteiger partial charge in [-0.3, -0.25) is 0 Å². The van der Waals surface area contributed by atoms with E-state index in [0.717, 1.165) is 22.9 Å². The maximum atomic E-state index is 9.62. The molecule has 0 aromatic carbocycles. The molecular weight excluding hydrogens is 202 g/mol. The number of rotatable bonds is 2. The van der Waals surface area contributed by atoms with Crippen molar-refractivity contribution < 1.29 is 5.11 Å². The molecule has 1 N–H and O–H groups in total. The van der Waals surface area contributed by atoms with Crippen LogP contribution in [0.25, 0.3) is 0 Å². The molecule has 4 heteroatoms. The fourth-order valence-corrected chi connectivity index (χ4v) is 3.72. The van der Waals surface area contributed by atoms with Gasteiger partial charge in [0.25, 0.3) is 0 Å². The number of aryl methyl sites for hydroxylation is 1. The Hall–Kier alpha value is -0.0600. The second-order valence-electron chi connectivity index (χ2n) is 3.41. The van der Waals surface area contributed by atoms with E-state index in [0.29, 0.717) is 5.92 Å². The average Bonchev–Trinajstić information content (AvgIpc) is 2.64. The van der Waals surface area contributed by atoms with E-state index >= 15 is 0 Å². The highest BCUT2D eigenvalue weighted by molar-refractivity contribution is 7.99. The average molecular weight is 215 g/mol. The van der Waals surface area contributed by atoms with Gasteiger partial charge in [0.05, 0.1) is 11.1 Å². The van der Waals surface area contributed by atoms with Gasteiger partial charge in [-0.2, -0.15) is 11.8 Å². The van der Waals surface area contributed by atoms with Crippen LogP contribution < -0.4 is 0 Å². The number of hydrogen-bond donors (Lipinski definition) is 1. The van der Waals surface area contributed by atoms with Crippen molar-refractivity contribution in [3.63, 3.8) is 0 Å². The number of aliphatic hydroxyl groups is 1. The largest absolute Gasteiger partial charge is 0.392 e. The summed E-state index contributed by atoms with van der Waals surface area (Å²) in [5, 5.41) is 10.7. The third kappa shape index (κ3) is 2.24. The molecule has 0 bridgehead atoms. The van der Waals surface area contributed by atoms with Crippen LogP contribution in [0.1, 0.15) is 9.88 Å². The monoisotopic (exact) mass is 215 g/mol. The highest BCUT2D eigenvalue weighted by atomic mass is 32.2. The van der Waals surface area contributed by atoms with E-state index in [-0.39, 0.29) is 6.10 Å². The zero-order valence-electron chi connectivity index (χ0n) is 7.56. The predicted molar refractivity (Wildman–Crippen MR) is 57.4 cm³/mol. The van der Waals surface area contributed by atoms with E-state index in [2.05, 4.69) is 4.98 Å². The highest BCUT2D eigenvalue weighted by Gasteiger charge is 2.26. The quantitative estimate of drug-likeness (QED) is 0.815. The topological polar surface area (TPSA) is 33.1 Å². The molecule has 0 spiro atoms. The molecule has 0 aliphatic carbocycles. The molecule has 1 saturated heterocycles. The molecule has 0 radical (unpaired) electrons. The lowest BCUT2D eigenvalue weighted by atomic mass is 10.0. The number of thiazole rings is 1. The van der Waals surface area contributed by atoms with Crippen molar-refractivity contribution in [1.29, 1.82) is 0 Å². The number of aromatic nitrogens is 1. The number of nitrogens with zero attached hydrogens (tertiary/aromatic N) is 1. The van der Waals surface area contributed by atoms with Crippen molar-refractivity contribution in [3.8, 4) is 0 Å². The molecular formula is C9H13NOS2. The van der Waals surface area contributed by atoms with Gasteiger partial charge in [0.2, 0.25) is 0 Å². The zero-order valence-corrected chi connectivity index (χ0v) is 9.20. The summed E-state index contributed by atoms with van der Waals surface area (Å²) in [5.74, 6) is 2.45. The lowest BCUT2D eigenvalue weighted by Crippen LogP contribution is -2.19. The minimum atomic E-state index is -0.104. The summed E-state index contributed by atoms with van der Waals surface area (Å²) in [4.78, 5) is 5.52. The van der Waals surface area contributed by atoms with E-state index in [1.54, 1.807) is 11.3 Å². The molecule has 0 saturated carbocycles. The molecule has 2 atom stereocenters.